The Morgan fingerprint density at radius 1 is 1.25 bits per heavy atom. The number of hydrogen-bond acceptors (Lipinski definition) is 2. The van der Waals surface area contributed by atoms with Crippen LogP contribution >= 0.6 is 39.7 Å². The van der Waals surface area contributed by atoms with Crippen LogP contribution in [0.5, 0.6) is 0 Å². The van der Waals surface area contributed by atoms with Gasteiger partial charge < -0.3 is 4.98 Å². The molecule has 0 bridgehead atoms. The number of nitrogens with zero attached hydrogens (tertiary/aromatic N) is 2. The van der Waals surface area contributed by atoms with E-state index in [4.69, 9.17) is 29.1 Å². The van der Waals surface area contributed by atoms with E-state index in [2.05, 4.69) is 27.0 Å². The van der Waals surface area contributed by atoms with Crippen molar-refractivity contribution >= 4 is 50.8 Å². The van der Waals surface area contributed by atoms with Crippen molar-refractivity contribution in [3.05, 3.63) is 56.2 Å². The molecule has 0 aliphatic rings. The molecule has 0 fully saturated rings. The standard InChI is InChI=1S/C14H7BrClN3S/c15-9-2-4-13-11(6-9)18-14(20)19(13)12-3-1-8(7-17)5-10(12)16/h1-6H,(H,18,20). The third-order valence-corrected chi connectivity index (χ3v) is 4.04. The predicted octanol–water partition coefficient (Wildman–Crippen LogP) is 4.98. The second kappa shape index (κ2) is 5.06. The highest BCUT2D eigenvalue weighted by Crippen LogP contribution is 2.27. The fourth-order valence-corrected chi connectivity index (χ4v) is 3.01. The van der Waals surface area contributed by atoms with Gasteiger partial charge in [-0.15, -0.1) is 0 Å². The van der Waals surface area contributed by atoms with E-state index in [-0.39, 0.29) is 0 Å². The van der Waals surface area contributed by atoms with Crippen LogP contribution in [0.1, 0.15) is 5.56 Å². The lowest BCUT2D eigenvalue weighted by molar-refractivity contribution is 1.06. The topological polar surface area (TPSA) is 44.5 Å². The molecule has 98 valence electrons. The summed E-state index contributed by atoms with van der Waals surface area (Å²) in [4.78, 5) is 3.15. The van der Waals surface area contributed by atoms with Crippen molar-refractivity contribution in [3.63, 3.8) is 0 Å². The predicted molar refractivity (Wildman–Crippen MR) is 85.9 cm³/mol. The van der Waals surface area contributed by atoms with Gasteiger partial charge in [-0.3, -0.25) is 4.57 Å². The summed E-state index contributed by atoms with van der Waals surface area (Å²) in [5, 5.41) is 9.38. The molecule has 0 radical (unpaired) electrons. The number of imidazole rings is 1. The molecule has 6 heteroatoms. The Balaban J connectivity index is 2.33. The zero-order valence-electron chi connectivity index (χ0n) is 10.0. The number of nitrogens with one attached hydrogen (secondary N) is 1. The first-order valence-electron chi connectivity index (χ1n) is 5.70. The summed E-state index contributed by atoms with van der Waals surface area (Å²) in [7, 11) is 0. The first-order chi connectivity index (χ1) is 9.60. The van der Waals surface area contributed by atoms with Gasteiger partial charge in [0.2, 0.25) is 0 Å². The maximum Gasteiger partial charge on any atom is 0.182 e. The van der Waals surface area contributed by atoms with E-state index in [0.717, 1.165) is 21.2 Å². The highest BCUT2D eigenvalue weighted by atomic mass is 79.9. The molecule has 0 amide bonds. The molecule has 0 unspecified atom stereocenters. The lowest BCUT2D eigenvalue weighted by Crippen LogP contribution is -1.95. The molecule has 0 atom stereocenters. The van der Waals surface area contributed by atoms with Crippen LogP contribution in [0, 0.1) is 16.1 Å². The largest absolute Gasteiger partial charge is 0.330 e. The van der Waals surface area contributed by atoms with Crippen molar-refractivity contribution in [1.29, 1.82) is 5.26 Å². The quantitative estimate of drug-likeness (QED) is 0.619. The highest BCUT2D eigenvalue weighted by Gasteiger charge is 2.10. The van der Waals surface area contributed by atoms with E-state index in [1.807, 2.05) is 22.8 Å². The molecule has 3 aromatic rings. The third-order valence-electron chi connectivity index (χ3n) is 2.96. The van der Waals surface area contributed by atoms with Crippen molar-refractivity contribution < 1.29 is 0 Å². The normalized spacial score (nSPS) is 10.7. The fourth-order valence-electron chi connectivity index (χ4n) is 2.08. The number of aromatic nitrogens is 2. The minimum atomic E-state index is 0.490. The number of halogens is 2. The first kappa shape index (κ1) is 13.4. The van der Waals surface area contributed by atoms with Crippen LogP contribution in [-0.4, -0.2) is 9.55 Å². The Hall–Kier alpha value is -1.61. The molecule has 0 spiro atoms. The zero-order valence-corrected chi connectivity index (χ0v) is 13.2. The summed E-state index contributed by atoms with van der Waals surface area (Å²) in [6.07, 6.45) is 0. The van der Waals surface area contributed by atoms with Crippen LogP contribution in [0.3, 0.4) is 0 Å². The molecule has 3 rings (SSSR count). The molecule has 0 saturated heterocycles. The molecule has 2 aromatic carbocycles. The van der Waals surface area contributed by atoms with E-state index in [1.54, 1.807) is 18.2 Å². The maximum atomic E-state index is 8.89. The molecule has 20 heavy (non-hydrogen) atoms. The smallest absolute Gasteiger partial charge is 0.182 e. The molecule has 1 heterocycles. The number of aromatic amines is 1. The van der Waals surface area contributed by atoms with E-state index in [1.165, 1.54) is 0 Å². The van der Waals surface area contributed by atoms with Gasteiger partial charge >= 0.3 is 0 Å². The molecule has 0 aliphatic heterocycles. The van der Waals surface area contributed by atoms with E-state index in [9.17, 15) is 0 Å². The third kappa shape index (κ3) is 2.16. The van der Waals surface area contributed by atoms with Crippen molar-refractivity contribution in [2.24, 2.45) is 0 Å². The number of benzene rings is 2. The molecule has 3 nitrogen and oxygen atoms in total. The van der Waals surface area contributed by atoms with Gasteiger partial charge in [0, 0.05) is 4.47 Å². The Morgan fingerprint density at radius 3 is 2.75 bits per heavy atom. The summed E-state index contributed by atoms with van der Waals surface area (Å²) < 4.78 is 3.39. The van der Waals surface area contributed by atoms with E-state index >= 15 is 0 Å². The number of H-pyrrole nitrogens is 1. The SMILES string of the molecule is N#Cc1ccc(-n2c(=S)[nH]c3cc(Br)ccc32)c(Cl)c1. The summed E-state index contributed by atoms with van der Waals surface area (Å²) in [5.41, 5.74) is 3.13. The Kier molecular flexibility index (Phi) is 3.38. The van der Waals surface area contributed by atoms with Crippen LogP contribution in [0.25, 0.3) is 16.7 Å². The van der Waals surface area contributed by atoms with Crippen molar-refractivity contribution in [1.82, 2.24) is 9.55 Å². The van der Waals surface area contributed by atoms with Crippen LogP contribution < -0.4 is 0 Å². The number of hydrogen-bond donors (Lipinski definition) is 1. The van der Waals surface area contributed by atoms with Gasteiger partial charge in [-0.2, -0.15) is 5.26 Å². The fraction of sp³-hybridized carbons (Fsp3) is 0. The van der Waals surface area contributed by atoms with Crippen molar-refractivity contribution in [2.45, 2.75) is 0 Å². The van der Waals surface area contributed by atoms with Crippen molar-refractivity contribution in [3.8, 4) is 11.8 Å². The first-order valence-corrected chi connectivity index (χ1v) is 7.28. The highest BCUT2D eigenvalue weighted by molar-refractivity contribution is 9.10. The Morgan fingerprint density at radius 2 is 2.05 bits per heavy atom. The average Bonchev–Trinajstić information content (AvgIpc) is 2.73. The molecule has 1 N–H and O–H groups in total. The van der Waals surface area contributed by atoms with Gasteiger partial charge in [-0.1, -0.05) is 27.5 Å². The molecule has 1 aromatic heterocycles. The Bertz CT molecular complexity index is 920. The van der Waals surface area contributed by atoms with Gasteiger partial charge in [0.15, 0.2) is 4.77 Å². The van der Waals surface area contributed by atoms with Gasteiger partial charge in [0.05, 0.1) is 33.4 Å². The van der Waals surface area contributed by atoms with Crippen LogP contribution in [0.4, 0.5) is 0 Å². The lowest BCUT2D eigenvalue weighted by atomic mass is 10.2. The number of rotatable bonds is 1. The second-order valence-corrected chi connectivity index (χ2v) is 5.91. The minimum absolute atomic E-state index is 0.490. The van der Waals surface area contributed by atoms with Crippen LogP contribution in [0.2, 0.25) is 5.02 Å². The Labute approximate surface area is 133 Å². The summed E-state index contributed by atoms with van der Waals surface area (Å²) in [6.45, 7) is 0. The lowest BCUT2D eigenvalue weighted by Gasteiger charge is -2.07. The average molecular weight is 365 g/mol. The zero-order chi connectivity index (χ0) is 14.3. The monoisotopic (exact) mass is 363 g/mol. The van der Waals surface area contributed by atoms with E-state index < -0.39 is 0 Å². The number of nitriles is 1. The second-order valence-electron chi connectivity index (χ2n) is 4.21. The van der Waals surface area contributed by atoms with E-state index in [0.29, 0.717) is 15.4 Å². The molecule has 0 aliphatic carbocycles. The summed E-state index contributed by atoms with van der Waals surface area (Å²) >= 11 is 15.1. The van der Waals surface area contributed by atoms with Crippen LogP contribution in [0.15, 0.2) is 40.9 Å². The number of fused-ring (bicyclic) bond motifs is 1. The molecule has 0 saturated carbocycles. The molecular weight excluding hydrogens is 358 g/mol. The van der Waals surface area contributed by atoms with Gasteiger partial charge in [0.25, 0.3) is 0 Å². The summed E-state index contributed by atoms with van der Waals surface area (Å²) in [6, 6.07) is 13.1. The summed E-state index contributed by atoms with van der Waals surface area (Å²) in [5.74, 6) is 0. The van der Waals surface area contributed by atoms with Gasteiger partial charge in [0.1, 0.15) is 0 Å². The van der Waals surface area contributed by atoms with Gasteiger partial charge in [-0.25, -0.2) is 0 Å². The van der Waals surface area contributed by atoms with Crippen LogP contribution in [-0.2, 0) is 0 Å². The maximum absolute atomic E-state index is 8.89. The molecular formula is C14H7BrClN3S. The van der Waals surface area contributed by atoms with Crippen molar-refractivity contribution in [2.75, 3.05) is 0 Å². The van der Waals surface area contributed by atoms with Gasteiger partial charge in [-0.05, 0) is 48.6 Å². The minimum Gasteiger partial charge on any atom is -0.330 e.